The molecule has 0 saturated carbocycles. The number of ether oxygens (including phenoxy) is 1. The van der Waals surface area contributed by atoms with Crippen LogP contribution in [-0.4, -0.2) is 0 Å². The number of anilines is 1. The third-order valence-electron chi connectivity index (χ3n) is 3.40. The molecule has 0 aliphatic carbocycles. The Hall–Kier alpha value is -2.81. The summed E-state index contributed by atoms with van der Waals surface area (Å²) in [5.74, 6) is 0.462. The van der Waals surface area contributed by atoms with Gasteiger partial charge in [0.05, 0.1) is 0 Å². The summed E-state index contributed by atoms with van der Waals surface area (Å²) in [6.45, 7) is 0.471. The van der Waals surface area contributed by atoms with Gasteiger partial charge in [-0.2, -0.15) is 0 Å². The van der Waals surface area contributed by atoms with Gasteiger partial charge in [-0.15, -0.1) is 0 Å². The lowest BCUT2D eigenvalue weighted by molar-refractivity contribution is 0.307. The van der Waals surface area contributed by atoms with Crippen LogP contribution in [-0.2, 0) is 6.61 Å². The maximum Gasteiger partial charge on any atom is 0.127 e. The molecule has 0 bridgehead atoms. The highest BCUT2D eigenvalue weighted by atomic mass is 19.1. The van der Waals surface area contributed by atoms with Gasteiger partial charge in [0.15, 0.2) is 0 Å². The molecule has 0 aromatic heterocycles. The normalized spacial score (nSPS) is 10.4. The number of nitrogens with two attached hydrogens (primary N) is 1. The number of halogens is 1. The summed E-state index contributed by atoms with van der Waals surface area (Å²) < 4.78 is 19.0. The average Bonchev–Trinajstić information content (AvgIpc) is 2.55. The number of hydrogen-bond donors (Lipinski definition) is 1. The fraction of sp³-hybridized carbons (Fsp3) is 0.0526. The third-order valence-corrected chi connectivity index (χ3v) is 3.40. The predicted molar refractivity (Wildman–Crippen MR) is 87.0 cm³/mol. The molecule has 0 saturated heterocycles. The molecule has 22 heavy (non-hydrogen) atoms. The Kier molecular flexibility index (Phi) is 4.05. The first-order chi connectivity index (χ1) is 10.7. The summed E-state index contributed by atoms with van der Waals surface area (Å²) in [5.41, 5.74) is 9.33. The number of benzene rings is 3. The van der Waals surface area contributed by atoms with Crippen LogP contribution in [0.5, 0.6) is 5.75 Å². The molecular weight excluding hydrogens is 277 g/mol. The van der Waals surface area contributed by atoms with Crippen molar-refractivity contribution in [1.29, 1.82) is 0 Å². The molecule has 0 amide bonds. The zero-order valence-electron chi connectivity index (χ0n) is 12.0. The van der Waals surface area contributed by atoms with Crippen molar-refractivity contribution in [1.82, 2.24) is 0 Å². The van der Waals surface area contributed by atoms with Crippen molar-refractivity contribution in [3.63, 3.8) is 0 Å². The van der Waals surface area contributed by atoms with Gasteiger partial charge in [-0.1, -0.05) is 42.5 Å². The van der Waals surface area contributed by atoms with Gasteiger partial charge in [0.2, 0.25) is 0 Å². The van der Waals surface area contributed by atoms with Gasteiger partial charge in [0.25, 0.3) is 0 Å². The van der Waals surface area contributed by atoms with E-state index in [1.165, 1.54) is 12.1 Å². The van der Waals surface area contributed by atoms with Crippen LogP contribution >= 0.6 is 0 Å². The van der Waals surface area contributed by atoms with Crippen molar-refractivity contribution in [3.05, 3.63) is 84.2 Å². The molecule has 2 N–H and O–H groups in total. The van der Waals surface area contributed by atoms with Crippen LogP contribution in [0.4, 0.5) is 10.1 Å². The van der Waals surface area contributed by atoms with Crippen molar-refractivity contribution in [3.8, 4) is 16.9 Å². The number of rotatable bonds is 4. The topological polar surface area (TPSA) is 35.2 Å². The number of nitrogen functional groups attached to an aromatic ring is 1. The monoisotopic (exact) mass is 293 g/mol. The van der Waals surface area contributed by atoms with Crippen molar-refractivity contribution in [2.75, 3.05) is 5.73 Å². The quantitative estimate of drug-likeness (QED) is 0.710. The highest BCUT2D eigenvalue weighted by Gasteiger charge is 2.08. The molecule has 2 nitrogen and oxygen atoms in total. The van der Waals surface area contributed by atoms with Gasteiger partial charge >= 0.3 is 0 Å². The molecule has 0 fully saturated rings. The van der Waals surface area contributed by atoms with Gasteiger partial charge < -0.3 is 10.5 Å². The summed E-state index contributed by atoms with van der Waals surface area (Å²) >= 11 is 0. The van der Waals surface area contributed by atoms with Gasteiger partial charge in [-0.25, -0.2) is 4.39 Å². The molecule has 3 heteroatoms. The van der Waals surface area contributed by atoms with E-state index in [1.807, 2.05) is 42.5 Å². The predicted octanol–water partition coefficient (Wildman–Crippen LogP) is 4.65. The van der Waals surface area contributed by atoms with E-state index in [4.69, 9.17) is 10.5 Å². The molecule has 0 aliphatic rings. The summed E-state index contributed by atoms with van der Waals surface area (Å²) in [4.78, 5) is 0. The van der Waals surface area contributed by atoms with Gasteiger partial charge in [-0.3, -0.25) is 0 Å². The highest BCUT2D eigenvalue weighted by Crippen LogP contribution is 2.32. The zero-order chi connectivity index (χ0) is 15.4. The molecule has 0 spiro atoms. The Morgan fingerprint density at radius 1 is 0.864 bits per heavy atom. The third kappa shape index (κ3) is 3.26. The second kappa shape index (κ2) is 6.31. The van der Waals surface area contributed by atoms with E-state index in [2.05, 4.69) is 0 Å². The van der Waals surface area contributed by atoms with Crippen molar-refractivity contribution >= 4 is 5.69 Å². The Balaban J connectivity index is 1.89. The first-order valence-corrected chi connectivity index (χ1v) is 7.04. The lowest BCUT2D eigenvalue weighted by Crippen LogP contribution is -1.98. The van der Waals surface area contributed by atoms with Crippen LogP contribution in [0.2, 0.25) is 0 Å². The van der Waals surface area contributed by atoms with E-state index in [0.717, 1.165) is 22.4 Å². The van der Waals surface area contributed by atoms with Crippen molar-refractivity contribution in [2.24, 2.45) is 0 Å². The highest BCUT2D eigenvalue weighted by molar-refractivity contribution is 5.73. The largest absolute Gasteiger partial charge is 0.488 e. The molecule has 0 radical (unpaired) electrons. The van der Waals surface area contributed by atoms with E-state index in [0.29, 0.717) is 12.3 Å². The minimum atomic E-state index is -0.264. The summed E-state index contributed by atoms with van der Waals surface area (Å²) in [7, 11) is 0. The molecule has 0 heterocycles. The van der Waals surface area contributed by atoms with Crippen LogP contribution < -0.4 is 10.5 Å². The lowest BCUT2D eigenvalue weighted by Gasteiger charge is -2.13. The van der Waals surface area contributed by atoms with Crippen LogP contribution in [0.15, 0.2) is 72.8 Å². The maximum absolute atomic E-state index is 13.1. The maximum atomic E-state index is 13.1. The van der Waals surface area contributed by atoms with Gasteiger partial charge in [-0.05, 0) is 41.5 Å². The Bertz CT molecular complexity index is 754. The molecular formula is C19H16FNO. The lowest BCUT2D eigenvalue weighted by atomic mass is 10.0. The molecule has 0 unspecified atom stereocenters. The van der Waals surface area contributed by atoms with Crippen molar-refractivity contribution < 1.29 is 9.13 Å². The van der Waals surface area contributed by atoms with Crippen LogP contribution in [0.25, 0.3) is 11.1 Å². The van der Waals surface area contributed by atoms with E-state index in [-0.39, 0.29) is 5.82 Å². The Labute approximate surface area is 129 Å². The average molecular weight is 293 g/mol. The van der Waals surface area contributed by atoms with Crippen molar-refractivity contribution in [2.45, 2.75) is 6.61 Å². The molecule has 0 aliphatic heterocycles. The van der Waals surface area contributed by atoms with Crippen LogP contribution in [0.3, 0.4) is 0 Å². The SMILES string of the molecule is Nc1ccc(OCc2ccccc2)c(-c2ccc(F)cc2)c1. The number of hydrogen-bond acceptors (Lipinski definition) is 2. The summed E-state index contributed by atoms with van der Waals surface area (Å²) in [6.07, 6.45) is 0. The standard InChI is InChI=1S/C19H16FNO/c20-16-8-6-15(7-9-16)18-12-17(21)10-11-19(18)22-13-14-4-2-1-3-5-14/h1-12H,13,21H2. The zero-order valence-corrected chi connectivity index (χ0v) is 12.0. The van der Waals surface area contributed by atoms with Gasteiger partial charge in [0, 0.05) is 11.3 Å². The minimum absolute atomic E-state index is 0.264. The molecule has 3 aromatic rings. The van der Waals surface area contributed by atoms with Gasteiger partial charge in [0.1, 0.15) is 18.2 Å². The van der Waals surface area contributed by atoms with Crippen LogP contribution in [0, 0.1) is 5.82 Å². The van der Waals surface area contributed by atoms with E-state index < -0.39 is 0 Å². The van der Waals surface area contributed by atoms with E-state index in [9.17, 15) is 4.39 Å². The fourth-order valence-electron chi connectivity index (χ4n) is 2.26. The molecule has 0 atom stereocenters. The molecule has 3 aromatic carbocycles. The van der Waals surface area contributed by atoms with Crippen LogP contribution in [0.1, 0.15) is 5.56 Å². The minimum Gasteiger partial charge on any atom is -0.488 e. The Morgan fingerprint density at radius 3 is 2.32 bits per heavy atom. The smallest absolute Gasteiger partial charge is 0.127 e. The summed E-state index contributed by atoms with van der Waals surface area (Å²) in [5, 5.41) is 0. The fourth-order valence-corrected chi connectivity index (χ4v) is 2.26. The van der Waals surface area contributed by atoms with E-state index in [1.54, 1.807) is 18.2 Å². The second-order valence-electron chi connectivity index (χ2n) is 5.04. The molecule has 3 rings (SSSR count). The second-order valence-corrected chi connectivity index (χ2v) is 5.04. The summed E-state index contributed by atoms with van der Waals surface area (Å²) in [6, 6.07) is 21.7. The Morgan fingerprint density at radius 2 is 1.59 bits per heavy atom. The first-order valence-electron chi connectivity index (χ1n) is 7.04. The molecule has 110 valence electrons. The van der Waals surface area contributed by atoms with E-state index >= 15 is 0 Å². The first kappa shape index (κ1) is 14.1.